The van der Waals surface area contributed by atoms with Gasteiger partial charge in [0.05, 0.1) is 11.3 Å². The van der Waals surface area contributed by atoms with Gasteiger partial charge >= 0.3 is 0 Å². The van der Waals surface area contributed by atoms with Crippen molar-refractivity contribution in [3.05, 3.63) is 76.5 Å². The highest BCUT2D eigenvalue weighted by atomic mass is 32.1. The molecule has 2 aromatic carbocycles. The molecule has 3 heterocycles. The molecule has 2 N–H and O–H groups in total. The standard InChI is InChI=1S/C23H19N3O3S/c27-21(14-4-2-1-3-5-14)24-17-11-20-22(28)25-19-7-6-15(16-8-9-30-13-16)10-18(19)23(29)26(20)12-17/h1-10,13,17,20H,11-12H2,(H,24,27)(H,25,28). The van der Waals surface area contributed by atoms with E-state index >= 15 is 0 Å². The Balaban J connectivity index is 1.40. The van der Waals surface area contributed by atoms with Crippen molar-refractivity contribution in [2.45, 2.75) is 18.5 Å². The lowest BCUT2D eigenvalue weighted by atomic mass is 10.0. The summed E-state index contributed by atoms with van der Waals surface area (Å²) < 4.78 is 0. The molecule has 1 fully saturated rings. The number of rotatable bonds is 3. The first kappa shape index (κ1) is 18.6. The lowest BCUT2D eigenvalue weighted by molar-refractivity contribution is -0.119. The third kappa shape index (κ3) is 3.27. The molecule has 0 aliphatic carbocycles. The van der Waals surface area contributed by atoms with Crippen LogP contribution in [0.5, 0.6) is 0 Å². The van der Waals surface area contributed by atoms with E-state index in [-0.39, 0.29) is 23.8 Å². The quantitative estimate of drug-likeness (QED) is 0.686. The highest BCUT2D eigenvalue weighted by Crippen LogP contribution is 2.32. The van der Waals surface area contributed by atoms with Gasteiger partial charge in [-0.25, -0.2) is 0 Å². The summed E-state index contributed by atoms with van der Waals surface area (Å²) in [6.45, 7) is 0.303. The number of fused-ring (bicyclic) bond motifs is 2. The second-order valence-corrected chi connectivity index (χ2v) is 8.29. The van der Waals surface area contributed by atoms with Crippen molar-refractivity contribution < 1.29 is 14.4 Å². The Kier molecular flexibility index (Phi) is 4.59. The van der Waals surface area contributed by atoms with Crippen LogP contribution in [0.2, 0.25) is 0 Å². The zero-order valence-corrected chi connectivity index (χ0v) is 16.8. The van der Waals surface area contributed by atoms with Crippen LogP contribution in [-0.2, 0) is 4.79 Å². The molecule has 0 spiro atoms. The highest BCUT2D eigenvalue weighted by Gasteiger charge is 2.43. The van der Waals surface area contributed by atoms with E-state index in [1.807, 2.05) is 35.0 Å². The molecule has 2 aliphatic heterocycles. The van der Waals surface area contributed by atoms with Crippen molar-refractivity contribution in [1.29, 1.82) is 0 Å². The van der Waals surface area contributed by atoms with Crippen LogP contribution in [-0.4, -0.2) is 41.2 Å². The molecule has 0 saturated carbocycles. The van der Waals surface area contributed by atoms with Crippen molar-refractivity contribution in [3.8, 4) is 11.1 Å². The SMILES string of the molecule is O=C(NC1CC2C(=O)Nc3ccc(-c4ccsc4)cc3C(=O)N2C1)c1ccccc1. The first-order chi connectivity index (χ1) is 14.6. The molecule has 5 rings (SSSR count). The second kappa shape index (κ2) is 7.42. The molecule has 30 heavy (non-hydrogen) atoms. The van der Waals surface area contributed by atoms with Crippen molar-refractivity contribution in [1.82, 2.24) is 10.2 Å². The van der Waals surface area contributed by atoms with E-state index in [0.29, 0.717) is 29.8 Å². The van der Waals surface area contributed by atoms with Crippen LogP contribution in [0.25, 0.3) is 11.1 Å². The lowest BCUT2D eigenvalue weighted by Gasteiger charge is -2.20. The zero-order valence-electron chi connectivity index (χ0n) is 16.0. The van der Waals surface area contributed by atoms with Gasteiger partial charge in [-0.2, -0.15) is 11.3 Å². The molecular formula is C23H19N3O3S. The van der Waals surface area contributed by atoms with Crippen LogP contribution in [0.15, 0.2) is 65.4 Å². The van der Waals surface area contributed by atoms with Gasteiger partial charge in [0.2, 0.25) is 5.91 Å². The van der Waals surface area contributed by atoms with Crippen LogP contribution in [0.3, 0.4) is 0 Å². The molecule has 7 heteroatoms. The van der Waals surface area contributed by atoms with E-state index in [1.165, 1.54) is 0 Å². The van der Waals surface area contributed by atoms with Crippen LogP contribution < -0.4 is 10.6 Å². The maximum atomic E-state index is 13.3. The summed E-state index contributed by atoms with van der Waals surface area (Å²) in [6.07, 6.45) is 0.390. The first-order valence-electron chi connectivity index (χ1n) is 9.74. The van der Waals surface area contributed by atoms with Gasteiger partial charge in [0.1, 0.15) is 6.04 Å². The molecule has 150 valence electrons. The van der Waals surface area contributed by atoms with Gasteiger partial charge in [-0.1, -0.05) is 24.3 Å². The van der Waals surface area contributed by atoms with E-state index in [0.717, 1.165) is 11.1 Å². The third-order valence-corrected chi connectivity index (χ3v) is 6.28. The number of anilines is 1. The molecule has 3 amide bonds. The van der Waals surface area contributed by atoms with Gasteiger partial charge in [-0.3, -0.25) is 14.4 Å². The topological polar surface area (TPSA) is 78.5 Å². The fourth-order valence-corrected chi connectivity index (χ4v) is 4.75. The van der Waals surface area contributed by atoms with Crippen molar-refractivity contribution in [2.75, 3.05) is 11.9 Å². The van der Waals surface area contributed by atoms with Crippen molar-refractivity contribution in [2.24, 2.45) is 0 Å². The Morgan fingerprint density at radius 1 is 1.07 bits per heavy atom. The Labute approximate surface area is 177 Å². The minimum Gasteiger partial charge on any atom is -0.347 e. The van der Waals surface area contributed by atoms with Crippen molar-refractivity contribution in [3.63, 3.8) is 0 Å². The second-order valence-electron chi connectivity index (χ2n) is 7.51. The minimum atomic E-state index is -0.601. The van der Waals surface area contributed by atoms with Crippen molar-refractivity contribution >= 4 is 34.7 Å². The van der Waals surface area contributed by atoms with Gasteiger partial charge in [0.15, 0.2) is 0 Å². The Bertz CT molecular complexity index is 1130. The Morgan fingerprint density at radius 2 is 1.90 bits per heavy atom. The molecule has 6 nitrogen and oxygen atoms in total. The normalized spacial score (nSPS) is 20.2. The number of amides is 3. The van der Waals surface area contributed by atoms with Gasteiger partial charge in [0, 0.05) is 18.2 Å². The first-order valence-corrected chi connectivity index (χ1v) is 10.7. The molecule has 2 atom stereocenters. The zero-order chi connectivity index (χ0) is 20.7. The molecule has 0 radical (unpaired) electrons. The summed E-state index contributed by atoms with van der Waals surface area (Å²) in [6, 6.07) is 15.6. The van der Waals surface area contributed by atoms with Crippen LogP contribution >= 0.6 is 11.3 Å². The number of carbonyl (C=O) groups is 3. The average molecular weight is 417 g/mol. The third-order valence-electron chi connectivity index (χ3n) is 5.60. The molecular weight excluding hydrogens is 398 g/mol. The number of thiophene rings is 1. The van der Waals surface area contributed by atoms with Crippen LogP contribution in [0.4, 0.5) is 5.69 Å². The van der Waals surface area contributed by atoms with Crippen LogP contribution in [0, 0.1) is 0 Å². The van der Waals surface area contributed by atoms with E-state index in [1.54, 1.807) is 46.6 Å². The number of hydrogen-bond acceptors (Lipinski definition) is 4. The largest absolute Gasteiger partial charge is 0.347 e. The lowest BCUT2D eigenvalue weighted by Crippen LogP contribution is -2.41. The van der Waals surface area contributed by atoms with Gasteiger partial charge in [-0.15, -0.1) is 0 Å². The fourth-order valence-electron chi connectivity index (χ4n) is 4.08. The maximum absolute atomic E-state index is 13.3. The predicted molar refractivity (Wildman–Crippen MR) is 116 cm³/mol. The average Bonchev–Trinajstić information content (AvgIpc) is 3.43. The van der Waals surface area contributed by atoms with E-state index < -0.39 is 6.04 Å². The number of hydrogen-bond donors (Lipinski definition) is 2. The molecule has 0 bridgehead atoms. The van der Waals surface area contributed by atoms with E-state index in [9.17, 15) is 14.4 Å². The van der Waals surface area contributed by atoms with Gasteiger partial charge < -0.3 is 15.5 Å². The molecule has 1 aromatic heterocycles. The number of carbonyl (C=O) groups excluding carboxylic acids is 3. The molecule has 3 aromatic rings. The summed E-state index contributed by atoms with van der Waals surface area (Å²) in [7, 11) is 0. The molecule has 1 saturated heterocycles. The predicted octanol–water partition coefficient (Wildman–Crippen LogP) is 3.38. The van der Waals surface area contributed by atoms with E-state index in [2.05, 4.69) is 10.6 Å². The summed E-state index contributed by atoms with van der Waals surface area (Å²) in [4.78, 5) is 40.2. The summed E-state index contributed by atoms with van der Waals surface area (Å²) >= 11 is 1.59. The monoisotopic (exact) mass is 417 g/mol. The molecule has 2 aliphatic rings. The Morgan fingerprint density at radius 3 is 2.67 bits per heavy atom. The number of benzene rings is 2. The number of nitrogens with one attached hydrogen (secondary N) is 2. The highest BCUT2D eigenvalue weighted by molar-refractivity contribution is 7.08. The minimum absolute atomic E-state index is 0.193. The summed E-state index contributed by atoms with van der Waals surface area (Å²) in [5.74, 6) is -0.616. The van der Waals surface area contributed by atoms with Gasteiger partial charge in [0.25, 0.3) is 11.8 Å². The van der Waals surface area contributed by atoms with Crippen LogP contribution in [0.1, 0.15) is 27.1 Å². The summed E-state index contributed by atoms with van der Waals surface area (Å²) in [5, 5.41) is 9.86. The Hall–Kier alpha value is -3.45. The maximum Gasteiger partial charge on any atom is 0.256 e. The van der Waals surface area contributed by atoms with Gasteiger partial charge in [-0.05, 0) is 58.6 Å². The fraction of sp³-hybridized carbons (Fsp3) is 0.174. The molecule has 2 unspecified atom stereocenters. The number of nitrogens with zero attached hydrogens (tertiary/aromatic N) is 1. The smallest absolute Gasteiger partial charge is 0.256 e. The van der Waals surface area contributed by atoms with E-state index in [4.69, 9.17) is 0 Å². The summed E-state index contributed by atoms with van der Waals surface area (Å²) in [5.41, 5.74) is 3.54.